The van der Waals surface area contributed by atoms with Crippen molar-refractivity contribution in [3.8, 4) is 11.8 Å². The number of hydrogen-bond donors (Lipinski definition) is 2. The van der Waals surface area contributed by atoms with Crippen molar-refractivity contribution in [3.63, 3.8) is 0 Å². The van der Waals surface area contributed by atoms with Gasteiger partial charge in [0, 0.05) is 12.3 Å². The highest BCUT2D eigenvalue weighted by molar-refractivity contribution is 5.91. The minimum atomic E-state index is -0.963. The van der Waals surface area contributed by atoms with E-state index in [0.29, 0.717) is 37.7 Å². The molecule has 2 N–H and O–H groups in total. The lowest BCUT2D eigenvalue weighted by molar-refractivity contribution is -0.121. The minimum absolute atomic E-state index is 0.0338. The van der Waals surface area contributed by atoms with Crippen molar-refractivity contribution in [1.29, 1.82) is 0 Å². The van der Waals surface area contributed by atoms with Crippen LogP contribution in [0, 0.1) is 23.7 Å². The summed E-state index contributed by atoms with van der Waals surface area (Å²) in [5.74, 6) is 4.91. The highest BCUT2D eigenvalue weighted by Crippen LogP contribution is 2.34. The van der Waals surface area contributed by atoms with Crippen molar-refractivity contribution in [2.45, 2.75) is 63.1 Å². The number of benzene rings is 1. The Balaban J connectivity index is 1.65. The van der Waals surface area contributed by atoms with Gasteiger partial charge in [0.15, 0.2) is 0 Å². The molecule has 5 heteroatoms. The molecule has 3 rings (SSSR count). The first-order valence-corrected chi connectivity index (χ1v) is 10.1. The molecule has 3 atom stereocenters. The summed E-state index contributed by atoms with van der Waals surface area (Å²) in [6, 6.07) is 7.31. The van der Waals surface area contributed by atoms with Gasteiger partial charge < -0.3 is 14.9 Å². The molecule has 2 fully saturated rings. The Morgan fingerprint density at radius 2 is 2.00 bits per heavy atom. The molecule has 0 aliphatic heterocycles. The Kier molecular flexibility index (Phi) is 6.53. The number of carbonyl (C=O) groups excluding carboxylic acids is 2. The Bertz CT molecular complexity index is 782. The van der Waals surface area contributed by atoms with E-state index < -0.39 is 17.6 Å². The van der Waals surface area contributed by atoms with Crippen LogP contribution in [0.5, 0.6) is 0 Å². The van der Waals surface area contributed by atoms with Crippen LogP contribution in [0.15, 0.2) is 24.3 Å². The molecule has 0 aromatic heterocycles. The smallest absolute Gasteiger partial charge is 0.338 e. The van der Waals surface area contributed by atoms with Gasteiger partial charge in [-0.3, -0.25) is 4.79 Å². The molecule has 0 radical (unpaired) electrons. The Hall–Kier alpha value is -2.16. The van der Waals surface area contributed by atoms with Gasteiger partial charge in [0.2, 0.25) is 0 Å². The largest absolute Gasteiger partial charge is 0.465 e. The van der Waals surface area contributed by atoms with Crippen molar-refractivity contribution in [2.75, 3.05) is 7.11 Å². The molecule has 0 heterocycles. The van der Waals surface area contributed by atoms with Crippen LogP contribution in [0.2, 0.25) is 0 Å². The van der Waals surface area contributed by atoms with Crippen LogP contribution in [0.4, 0.5) is 0 Å². The number of ketones is 1. The molecule has 150 valence electrons. The summed E-state index contributed by atoms with van der Waals surface area (Å²) in [6.07, 6.45) is 4.55. The zero-order valence-electron chi connectivity index (χ0n) is 16.3. The van der Waals surface area contributed by atoms with Gasteiger partial charge in [-0.1, -0.05) is 30.0 Å². The first-order valence-electron chi connectivity index (χ1n) is 10.1. The van der Waals surface area contributed by atoms with Crippen LogP contribution in [0.25, 0.3) is 0 Å². The Labute approximate surface area is 166 Å². The van der Waals surface area contributed by atoms with E-state index in [9.17, 15) is 19.8 Å². The highest BCUT2D eigenvalue weighted by atomic mass is 16.5. The van der Waals surface area contributed by atoms with Crippen molar-refractivity contribution in [2.24, 2.45) is 11.8 Å². The average Bonchev–Trinajstić information content (AvgIpc) is 3.23. The summed E-state index contributed by atoms with van der Waals surface area (Å²) in [6.45, 7) is 0. The van der Waals surface area contributed by atoms with Gasteiger partial charge in [-0.15, -0.1) is 0 Å². The average molecular weight is 384 g/mol. The summed E-state index contributed by atoms with van der Waals surface area (Å²) >= 11 is 0. The van der Waals surface area contributed by atoms with Crippen LogP contribution < -0.4 is 0 Å². The second kappa shape index (κ2) is 8.89. The monoisotopic (exact) mass is 384 g/mol. The number of methoxy groups -OCH3 is 1. The lowest BCUT2D eigenvalue weighted by Crippen LogP contribution is -2.24. The number of aliphatic hydroxyl groups is 2. The zero-order valence-corrected chi connectivity index (χ0v) is 16.3. The third-order valence-electron chi connectivity index (χ3n) is 5.96. The number of ether oxygens (including phenoxy) is 1. The molecule has 2 saturated carbocycles. The van der Waals surface area contributed by atoms with E-state index >= 15 is 0 Å². The molecule has 0 bridgehead atoms. The molecule has 5 nitrogen and oxygen atoms in total. The van der Waals surface area contributed by atoms with Crippen molar-refractivity contribution in [3.05, 3.63) is 35.4 Å². The summed E-state index contributed by atoms with van der Waals surface area (Å²) in [4.78, 5) is 24.3. The van der Waals surface area contributed by atoms with E-state index in [1.165, 1.54) is 7.11 Å². The van der Waals surface area contributed by atoms with Crippen LogP contribution in [0.1, 0.15) is 60.9 Å². The number of esters is 1. The summed E-state index contributed by atoms with van der Waals surface area (Å²) < 4.78 is 4.83. The lowest BCUT2D eigenvalue weighted by Gasteiger charge is -2.18. The number of aryl methyl sites for hydroxylation is 1. The van der Waals surface area contributed by atoms with E-state index in [2.05, 4.69) is 11.8 Å². The number of hydrogen-bond acceptors (Lipinski definition) is 5. The predicted molar refractivity (Wildman–Crippen MR) is 105 cm³/mol. The van der Waals surface area contributed by atoms with Gasteiger partial charge in [-0.2, -0.15) is 0 Å². The highest BCUT2D eigenvalue weighted by Gasteiger charge is 2.40. The van der Waals surface area contributed by atoms with E-state index in [-0.39, 0.29) is 24.1 Å². The molecule has 2 aliphatic carbocycles. The van der Waals surface area contributed by atoms with E-state index in [4.69, 9.17) is 4.74 Å². The summed E-state index contributed by atoms with van der Waals surface area (Å²) in [5, 5.41) is 20.7. The quantitative estimate of drug-likeness (QED) is 0.602. The number of aliphatic hydroxyl groups excluding tert-OH is 1. The van der Waals surface area contributed by atoms with Gasteiger partial charge >= 0.3 is 5.97 Å². The second-order valence-electron chi connectivity index (χ2n) is 7.92. The maximum atomic E-state index is 12.4. The van der Waals surface area contributed by atoms with Crippen LogP contribution in [-0.2, 0) is 16.0 Å². The normalized spacial score (nSPS) is 26.0. The van der Waals surface area contributed by atoms with Crippen molar-refractivity contribution >= 4 is 11.8 Å². The van der Waals surface area contributed by atoms with E-state index in [1.54, 1.807) is 12.1 Å². The fraction of sp³-hybridized carbons (Fsp3) is 0.565. The van der Waals surface area contributed by atoms with Gasteiger partial charge in [0.1, 0.15) is 11.4 Å². The number of carbonyl (C=O) groups is 2. The first kappa shape index (κ1) is 20.6. The molecule has 2 aliphatic rings. The fourth-order valence-corrected chi connectivity index (χ4v) is 4.35. The molecule has 1 aromatic carbocycles. The molecule has 0 amide bonds. The minimum Gasteiger partial charge on any atom is -0.465 e. The van der Waals surface area contributed by atoms with Gasteiger partial charge in [0.05, 0.1) is 24.7 Å². The molecule has 28 heavy (non-hydrogen) atoms. The Morgan fingerprint density at radius 3 is 2.71 bits per heavy atom. The molecule has 0 spiro atoms. The maximum absolute atomic E-state index is 12.4. The second-order valence-corrected chi connectivity index (χ2v) is 7.92. The fourth-order valence-electron chi connectivity index (χ4n) is 4.35. The molecular weight excluding hydrogens is 356 g/mol. The van der Waals surface area contributed by atoms with Gasteiger partial charge in [-0.25, -0.2) is 4.79 Å². The number of rotatable bonds is 5. The molecule has 1 aromatic rings. The lowest BCUT2D eigenvalue weighted by atomic mass is 9.88. The van der Waals surface area contributed by atoms with Crippen molar-refractivity contribution < 1.29 is 24.5 Å². The van der Waals surface area contributed by atoms with E-state index in [1.807, 2.05) is 12.1 Å². The van der Waals surface area contributed by atoms with Crippen LogP contribution in [0.3, 0.4) is 0 Å². The molecule has 0 unspecified atom stereocenters. The topological polar surface area (TPSA) is 83.8 Å². The summed E-state index contributed by atoms with van der Waals surface area (Å²) in [7, 11) is 1.36. The Morgan fingerprint density at radius 1 is 1.29 bits per heavy atom. The maximum Gasteiger partial charge on any atom is 0.338 e. The van der Waals surface area contributed by atoms with Crippen LogP contribution >= 0.6 is 0 Å². The molecule has 0 saturated heterocycles. The van der Waals surface area contributed by atoms with E-state index in [0.717, 1.165) is 18.4 Å². The standard InChI is InChI=1S/C23H28O5/c1-28-22(26)17-9-3-2-7-16(17)8-6-10-18-19(21(25)15-20(18)24)11-14-23(27)12-4-5-13-23/h2-3,7,9,18-19,21,25,27H,4-6,8,10,12-13,15H2,1H3/t18-,19-,21-/m1/s1. The zero-order chi connectivity index (χ0) is 20.1. The number of Topliss-reactive ketones (excluding diaryl/α,β-unsaturated/α-hetero) is 1. The third kappa shape index (κ3) is 4.63. The third-order valence-corrected chi connectivity index (χ3v) is 5.96. The van der Waals surface area contributed by atoms with Crippen LogP contribution in [-0.4, -0.2) is 40.8 Å². The summed E-state index contributed by atoms with van der Waals surface area (Å²) in [5.41, 5.74) is 0.473. The SMILES string of the molecule is COC(=O)c1ccccc1CCC[C@H]1C(=O)C[C@@H](O)[C@@H]1C#CC1(O)CCCC1. The predicted octanol–water partition coefficient (Wildman–Crippen LogP) is 2.67. The van der Waals surface area contributed by atoms with Crippen molar-refractivity contribution in [1.82, 2.24) is 0 Å². The first-order chi connectivity index (χ1) is 13.4. The molecular formula is C23H28O5. The van der Waals surface area contributed by atoms with Gasteiger partial charge in [0.25, 0.3) is 0 Å². The van der Waals surface area contributed by atoms with Gasteiger partial charge in [-0.05, 0) is 56.6 Å².